The zero-order chi connectivity index (χ0) is 28.8. The van der Waals surface area contributed by atoms with Crippen molar-refractivity contribution in [1.29, 1.82) is 5.26 Å². The van der Waals surface area contributed by atoms with Gasteiger partial charge in [-0.15, -0.1) is 0 Å². The Hall–Kier alpha value is -3.78. The van der Waals surface area contributed by atoms with Crippen molar-refractivity contribution in [2.24, 2.45) is 5.92 Å². The van der Waals surface area contributed by atoms with Gasteiger partial charge >= 0.3 is 0 Å². The van der Waals surface area contributed by atoms with Gasteiger partial charge in [0.1, 0.15) is 17.0 Å². The molecule has 3 aromatic rings. The number of hydrogen-bond donors (Lipinski definition) is 1. The quantitative estimate of drug-likeness (QED) is 0.438. The maximum absolute atomic E-state index is 14.2. The van der Waals surface area contributed by atoms with Crippen LogP contribution in [-0.4, -0.2) is 49.4 Å². The molecule has 6 rings (SSSR count). The molecule has 0 bridgehead atoms. The first-order chi connectivity index (χ1) is 19.7. The fourth-order valence-corrected chi connectivity index (χ4v) is 7.11. The summed E-state index contributed by atoms with van der Waals surface area (Å²) in [6.45, 7) is 0.653. The lowest BCUT2D eigenvalue weighted by atomic mass is 9.76. The van der Waals surface area contributed by atoms with Gasteiger partial charge in [-0.05, 0) is 49.9 Å². The number of rotatable bonds is 6. The molecule has 1 N–H and O–H groups in total. The molecule has 1 saturated heterocycles. The van der Waals surface area contributed by atoms with E-state index in [1.54, 1.807) is 0 Å². The third-order valence-electron chi connectivity index (χ3n) is 8.43. The van der Waals surface area contributed by atoms with Crippen LogP contribution in [0.25, 0.3) is 22.7 Å². The molecule has 3 fully saturated rings. The highest BCUT2D eigenvalue weighted by Gasteiger charge is 2.47. The molecular weight excluding hydrogens is 550 g/mol. The number of anilines is 1. The first-order valence-electron chi connectivity index (χ1n) is 13.9. The number of benzene rings is 2. The zero-order valence-electron chi connectivity index (χ0n) is 22.4. The smallest absolute Gasteiger partial charge is 0.226 e. The van der Waals surface area contributed by atoms with Crippen LogP contribution in [0.3, 0.4) is 0 Å². The van der Waals surface area contributed by atoms with Crippen molar-refractivity contribution in [3.8, 4) is 28.8 Å². The van der Waals surface area contributed by atoms with Gasteiger partial charge in [0.15, 0.2) is 21.5 Å². The molecular formula is C30H30F2N4O4S. The van der Waals surface area contributed by atoms with E-state index in [-0.39, 0.29) is 34.8 Å². The molecule has 3 aliphatic rings. The molecule has 2 aliphatic carbocycles. The Morgan fingerprint density at radius 3 is 2.51 bits per heavy atom. The first-order valence-corrected chi connectivity index (χ1v) is 15.7. The van der Waals surface area contributed by atoms with Crippen molar-refractivity contribution in [3.63, 3.8) is 0 Å². The van der Waals surface area contributed by atoms with Gasteiger partial charge in [0.2, 0.25) is 11.8 Å². The SMILES string of the molecule is N#CC1(NC(=O)[C@@H]2CCCC[C@H]2c2oc(-c3ccc(F)c(F)c3)nc2-c2ccccc2N2CCS(=O)(=O)CC2)CC1. The number of para-hydroxylation sites is 1. The third-order valence-corrected chi connectivity index (χ3v) is 10.0. The van der Waals surface area contributed by atoms with E-state index < -0.39 is 32.9 Å². The van der Waals surface area contributed by atoms with Crippen LogP contribution in [0.15, 0.2) is 46.9 Å². The fourth-order valence-electron chi connectivity index (χ4n) is 5.91. The molecule has 11 heteroatoms. The van der Waals surface area contributed by atoms with Crippen LogP contribution in [-0.2, 0) is 14.6 Å². The predicted octanol–water partition coefficient (Wildman–Crippen LogP) is 4.97. The van der Waals surface area contributed by atoms with Gasteiger partial charge in [-0.2, -0.15) is 5.26 Å². The lowest BCUT2D eigenvalue weighted by Gasteiger charge is -2.32. The maximum Gasteiger partial charge on any atom is 0.226 e. The second kappa shape index (κ2) is 10.6. The molecule has 0 spiro atoms. The summed E-state index contributed by atoms with van der Waals surface area (Å²) >= 11 is 0. The molecule has 1 amide bonds. The highest BCUT2D eigenvalue weighted by molar-refractivity contribution is 7.91. The Kier molecular flexibility index (Phi) is 7.06. The van der Waals surface area contributed by atoms with Gasteiger partial charge in [-0.3, -0.25) is 4.79 Å². The van der Waals surface area contributed by atoms with Crippen molar-refractivity contribution < 1.29 is 26.4 Å². The lowest BCUT2D eigenvalue weighted by molar-refractivity contribution is -0.127. The summed E-state index contributed by atoms with van der Waals surface area (Å²) in [4.78, 5) is 20.3. The van der Waals surface area contributed by atoms with E-state index in [9.17, 15) is 27.3 Å². The van der Waals surface area contributed by atoms with Crippen LogP contribution in [0.5, 0.6) is 0 Å². The molecule has 1 aliphatic heterocycles. The minimum absolute atomic E-state index is 0.0403. The van der Waals surface area contributed by atoms with Crippen LogP contribution in [0, 0.1) is 28.9 Å². The monoisotopic (exact) mass is 580 g/mol. The number of carbonyl (C=O) groups is 1. The van der Waals surface area contributed by atoms with Gasteiger partial charge in [0, 0.05) is 41.7 Å². The van der Waals surface area contributed by atoms with Crippen molar-refractivity contribution in [1.82, 2.24) is 10.3 Å². The van der Waals surface area contributed by atoms with Gasteiger partial charge < -0.3 is 14.6 Å². The average molecular weight is 581 g/mol. The summed E-state index contributed by atoms with van der Waals surface area (Å²) in [5, 5.41) is 12.5. The fraction of sp³-hybridized carbons (Fsp3) is 0.433. The number of nitrogens with one attached hydrogen (secondary N) is 1. The maximum atomic E-state index is 14.2. The molecule has 2 atom stereocenters. The number of hydrogen-bond acceptors (Lipinski definition) is 7. The average Bonchev–Trinajstić information content (AvgIpc) is 3.61. The second-order valence-corrected chi connectivity index (χ2v) is 13.5. The standard InChI is InChI=1S/C30H30F2N4O4S/c31-23-10-9-19(17-24(23)32)29-34-26(22-7-3-4-8-25(22)36-13-15-41(38,39)16-14-36)27(40-29)20-5-1-2-6-21(20)28(37)35-30(18-33)11-12-30/h3-4,7-10,17,20-21H,1-2,5-6,11-16H2,(H,35,37)/t20-,21-/m1/s1. The van der Waals surface area contributed by atoms with Crippen molar-refractivity contribution in [3.05, 3.63) is 59.9 Å². The number of nitriles is 1. The van der Waals surface area contributed by atoms with Crippen LogP contribution < -0.4 is 10.2 Å². The highest BCUT2D eigenvalue weighted by Crippen LogP contribution is 2.46. The molecule has 2 aromatic carbocycles. The summed E-state index contributed by atoms with van der Waals surface area (Å²) in [5.41, 5.74) is 1.43. The Morgan fingerprint density at radius 2 is 1.80 bits per heavy atom. The van der Waals surface area contributed by atoms with Crippen LogP contribution in [0.4, 0.5) is 14.5 Å². The Balaban J connectivity index is 1.45. The van der Waals surface area contributed by atoms with Gasteiger partial charge in [-0.1, -0.05) is 31.0 Å². The molecule has 0 unspecified atom stereocenters. The summed E-state index contributed by atoms with van der Waals surface area (Å²) < 4.78 is 58.5. The number of halogens is 2. The lowest BCUT2D eigenvalue weighted by Crippen LogP contribution is -2.42. The van der Waals surface area contributed by atoms with Crippen LogP contribution in [0.2, 0.25) is 0 Å². The third kappa shape index (κ3) is 5.45. The molecule has 8 nitrogen and oxygen atoms in total. The molecule has 0 radical (unpaired) electrons. The topological polar surface area (TPSA) is 116 Å². The molecule has 1 aromatic heterocycles. The second-order valence-electron chi connectivity index (χ2n) is 11.2. The van der Waals surface area contributed by atoms with Crippen molar-refractivity contribution in [2.75, 3.05) is 29.5 Å². The van der Waals surface area contributed by atoms with Crippen LogP contribution in [0.1, 0.15) is 50.2 Å². The van der Waals surface area contributed by atoms with E-state index in [4.69, 9.17) is 9.40 Å². The molecule has 2 heterocycles. The van der Waals surface area contributed by atoms with Gasteiger partial charge in [-0.25, -0.2) is 22.2 Å². The summed E-state index contributed by atoms with van der Waals surface area (Å²) in [5.74, 6) is -2.35. The predicted molar refractivity (Wildman–Crippen MR) is 149 cm³/mol. The van der Waals surface area contributed by atoms with E-state index >= 15 is 0 Å². The minimum atomic E-state index is -3.10. The largest absolute Gasteiger partial charge is 0.440 e. The van der Waals surface area contributed by atoms with Crippen LogP contribution >= 0.6 is 0 Å². The van der Waals surface area contributed by atoms with E-state index in [0.717, 1.165) is 30.7 Å². The van der Waals surface area contributed by atoms with Crippen molar-refractivity contribution in [2.45, 2.75) is 50.0 Å². The number of sulfone groups is 1. The first kappa shape index (κ1) is 27.4. The minimum Gasteiger partial charge on any atom is -0.440 e. The molecule has 41 heavy (non-hydrogen) atoms. The van der Waals surface area contributed by atoms with Crippen molar-refractivity contribution >= 4 is 21.4 Å². The van der Waals surface area contributed by atoms with E-state index in [1.165, 1.54) is 6.07 Å². The Labute approximate surface area is 237 Å². The van der Waals surface area contributed by atoms with Gasteiger partial charge in [0.05, 0.1) is 17.6 Å². The van der Waals surface area contributed by atoms with Gasteiger partial charge in [0.25, 0.3) is 0 Å². The molecule has 2 saturated carbocycles. The number of carbonyl (C=O) groups excluding carboxylic acids is 1. The Morgan fingerprint density at radius 1 is 1.07 bits per heavy atom. The normalized spacial score (nSPS) is 23.0. The molecule has 214 valence electrons. The van der Waals surface area contributed by atoms with E-state index in [2.05, 4.69) is 11.4 Å². The van der Waals surface area contributed by atoms with E-state index in [0.29, 0.717) is 55.8 Å². The Bertz CT molecular complexity index is 1630. The number of amides is 1. The number of nitrogens with zero attached hydrogens (tertiary/aromatic N) is 3. The highest BCUT2D eigenvalue weighted by atomic mass is 32.2. The van der Waals surface area contributed by atoms with E-state index in [1.807, 2.05) is 29.2 Å². The number of aromatic nitrogens is 1. The number of oxazole rings is 1. The summed E-state index contributed by atoms with van der Waals surface area (Å²) in [6, 6.07) is 13.2. The zero-order valence-corrected chi connectivity index (χ0v) is 23.2. The summed E-state index contributed by atoms with van der Waals surface area (Å²) in [7, 11) is -3.10. The summed E-state index contributed by atoms with van der Waals surface area (Å²) in [6.07, 6.45) is 4.24.